The third-order valence-corrected chi connectivity index (χ3v) is 4.00. The Morgan fingerprint density at radius 1 is 1.30 bits per heavy atom. The Morgan fingerprint density at radius 2 is 2.13 bits per heavy atom. The molecule has 1 aromatic rings. The standard InChI is InChI=1S/C16H21N3O4/c1-11(20)18-13-3-2-6-19(9-13)16(21)17-8-12-4-5-14-15(7-12)23-10-22-14/h4-5,7,13H,2-3,6,8-10H2,1H3,(H,17,21)(H,18,20)/t13-/m1/s1. The minimum absolute atomic E-state index is 0.0394. The number of rotatable bonds is 3. The van der Waals surface area contributed by atoms with E-state index in [1.165, 1.54) is 6.92 Å². The van der Waals surface area contributed by atoms with Gasteiger partial charge in [-0.25, -0.2) is 4.79 Å². The zero-order valence-corrected chi connectivity index (χ0v) is 13.1. The summed E-state index contributed by atoms with van der Waals surface area (Å²) in [6, 6.07) is 5.55. The average molecular weight is 319 g/mol. The van der Waals surface area contributed by atoms with E-state index in [0.717, 1.165) is 24.2 Å². The highest BCUT2D eigenvalue weighted by atomic mass is 16.7. The molecule has 0 bridgehead atoms. The summed E-state index contributed by atoms with van der Waals surface area (Å²) in [6.07, 6.45) is 1.80. The van der Waals surface area contributed by atoms with E-state index in [2.05, 4.69) is 10.6 Å². The van der Waals surface area contributed by atoms with Crippen LogP contribution in [0.25, 0.3) is 0 Å². The number of fused-ring (bicyclic) bond motifs is 1. The first-order valence-electron chi connectivity index (χ1n) is 7.80. The molecule has 2 aliphatic heterocycles. The van der Waals surface area contributed by atoms with Crippen LogP contribution in [0.4, 0.5) is 4.79 Å². The first-order valence-corrected chi connectivity index (χ1v) is 7.80. The van der Waals surface area contributed by atoms with Crippen LogP contribution in [0.1, 0.15) is 25.3 Å². The lowest BCUT2D eigenvalue weighted by Gasteiger charge is -2.33. The minimum Gasteiger partial charge on any atom is -0.454 e. The maximum Gasteiger partial charge on any atom is 0.317 e. The molecule has 0 saturated carbocycles. The van der Waals surface area contributed by atoms with Crippen LogP contribution in [0.3, 0.4) is 0 Å². The second-order valence-electron chi connectivity index (χ2n) is 5.83. The fourth-order valence-corrected chi connectivity index (χ4v) is 2.91. The Labute approximate surface area is 134 Å². The number of nitrogens with zero attached hydrogens (tertiary/aromatic N) is 1. The molecule has 0 unspecified atom stereocenters. The minimum atomic E-state index is -0.113. The van der Waals surface area contributed by atoms with Gasteiger partial charge in [0.2, 0.25) is 12.7 Å². The topological polar surface area (TPSA) is 79.9 Å². The Kier molecular flexibility index (Phi) is 4.55. The third-order valence-electron chi connectivity index (χ3n) is 4.00. The molecule has 2 N–H and O–H groups in total. The van der Waals surface area contributed by atoms with Crippen molar-refractivity contribution in [3.05, 3.63) is 23.8 Å². The number of amides is 3. The van der Waals surface area contributed by atoms with Crippen molar-refractivity contribution in [1.29, 1.82) is 0 Å². The first kappa shape index (κ1) is 15.5. The monoisotopic (exact) mass is 319 g/mol. The molecule has 1 saturated heterocycles. The largest absolute Gasteiger partial charge is 0.454 e. The molecule has 0 radical (unpaired) electrons. The van der Waals surface area contributed by atoms with Crippen molar-refractivity contribution in [1.82, 2.24) is 15.5 Å². The molecule has 124 valence electrons. The lowest BCUT2D eigenvalue weighted by Crippen LogP contribution is -2.51. The number of carbonyl (C=O) groups excluding carboxylic acids is 2. The van der Waals surface area contributed by atoms with Gasteiger partial charge < -0.3 is 25.0 Å². The van der Waals surface area contributed by atoms with E-state index in [1.807, 2.05) is 18.2 Å². The van der Waals surface area contributed by atoms with E-state index in [1.54, 1.807) is 4.90 Å². The van der Waals surface area contributed by atoms with Gasteiger partial charge in [-0.05, 0) is 30.5 Å². The number of carbonyl (C=O) groups is 2. The summed E-state index contributed by atoms with van der Waals surface area (Å²) < 4.78 is 10.6. The first-order chi connectivity index (χ1) is 11.1. The molecule has 7 nitrogen and oxygen atoms in total. The number of urea groups is 1. The van der Waals surface area contributed by atoms with Crippen molar-refractivity contribution in [2.45, 2.75) is 32.4 Å². The van der Waals surface area contributed by atoms with Gasteiger partial charge in [-0.2, -0.15) is 0 Å². The van der Waals surface area contributed by atoms with Gasteiger partial charge in [-0.3, -0.25) is 4.79 Å². The molecule has 0 spiro atoms. The predicted octanol–water partition coefficient (Wildman–Crippen LogP) is 1.23. The number of benzene rings is 1. The summed E-state index contributed by atoms with van der Waals surface area (Å²) in [5.74, 6) is 1.38. The predicted molar refractivity (Wildman–Crippen MR) is 83.2 cm³/mol. The highest BCUT2D eigenvalue weighted by Gasteiger charge is 2.24. The molecule has 2 aliphatic rings. The molecule has 3 amide bonds. The quantitative estimate of drug-likeness (QED) is 0.878. The molecule has 0 aromatic heterocycles. The van der Waals surface area contributed by atoms with Gasteiger partial charge in [0.1, 0.15) is 0 Å². The number of hydrogen-bond donors (Lipinski definition) is 2. The van der Waals surface area contributed by atoms with Crippen LogP contribution < -0.4 is 20.1 Å². The Bertz CT molecular complexity index is 605. The van der Waals surface area contributed by atoms with E-state index >= 15 is 0 Å². The van der Waals surface area contributed by atoms with Gasteiger partial charge in [0.15, 0.2) is 11.5 Å². The van der Waals surface area contributed by atoms with Gasteiger partial charge in [0.05, 0.1) is 0 Å². The molecular formula is C16H21N3O4. The molecule has 3 rings (SSSR count). The molecule has 2 heterocycles. The zero-order valence-electron chi connectivity index (χ0n) is 13.1. The maximum absolute atomic E-state index is 12.3. The van der Waals surface area contributed by atoms with Gasteiger partial charge >= 0.3 is 6.03 Å². The second-order valence-corrected chi connectivity index (χ2v) is 5.83. The molecule has 1 fully saturated rings. The molecule has 7 heteroatoms. The fourth-order valence-electron chi connectivity index (χ4n) is 2.91. The van der Waals surface area contributed by atoms with E-state index < -0.39 is 0 Å². The lowest BCUT2D eigenvalue weighted by atomic mass is 10.1. The van der Waals surface area contributed by atoms with Crippen molar-refractivity contribution in [3.8, 4) is 11.5 Å². The van der Waals surface area contributed by atoms with Crippen LogP contribution >= 0.6 is 0 Å². The number of piperidine rings is 1. The van der Waals surface area contributed by atoms with Crippen LogP contribution in [0.2, 0.25) is 0 Å². The summed E-state index contributed by atoms with van der Waals surface area (Å²) in [6.45, 7) is 3.43. The van der Waals surface area contributed by atoms with Gasteiger partial charge in [-0.1, -0.05) is 6.07 Å². The lowest BCUT2D eigenvalue weighted by molar-refractivity contribution is -0.119. The van der Waals surface area contributed by atoms with E-state index in [4.69, 9.17) is 9.47 Å². The van der Waals surface area contributed by atoms with Crippen molar-refractivity contribution in [2.75, 3.05) is 19.9 Å². The van der Waals surface area contributed by atoms with Crippen LogP contribution in [-0.2, 0) is 11.3 Å². The maximum atomic E-state index is 12.3. The highest BCUT2D eigenvalue weighted by molar-refractivity contribution is 5.75. The van der Waals surface area contributed by atoms with Crippen LogP contribution in [0.5, 0.6) is 11.5 Å². The number of nitrogens with one attached hydrogen (secondary N) is 2. The summed E-state index contributed by atoms with van der Waals surface area (Å²) in [7, 11) is 0. The molecule has 0 aliphatic carbocycles. The summed E-state index contributed by atoms with van der Waals surface area (Å²) in [5.41, 5.74) is 0.957. The summed E-state index contributed by atoms with van der Waals surface area (Å²) in [4.78, 5) is 25.2. The Balaban J connectivity index is 1.51. The van der Waals surface area contributed by atoms with E-state index in [9.17, 15) is 9.59 Å². The van der Waals surface area contributed by atoms with Gasteiger partial charge in [0.25, 0.3) is 0 Å². The Morgan fingerprint density at radius 3 is 2.96 bits per heavy atom. The van der Waals surface area contributed by atoms with Gasteiger partial charge in [-0.15, -0.1) is 0 Å². The Hall–Kier alpha value is -2.44. The summed E-state index contributed by atoms with van der Waals surface area (Å²) >= 11 is 0. The number of likely N-dealkylation sites (tertiary alicyclic amines) is 1. The number of ether oxygens (including phenoxy) is 2. The molecular weight excluding hydrogens is 298 g/mol. The van der Waals surface area contributed by atoms with Crippen LogP contribution in [-0.4, -0.2) is 42.8 Å². The SMILES string of the molecule is CC(=O)N[C@@H]1CCCN(C(=O)NCc2ccc3c(c2)OCO3)C1. The van der Waals surface area contributed by atoms with Crippen molar-refractivity contribution in [2.24, 2.45) is 0 Å². The van der Waals surface area contributed by atoms with Crippen molar-refractivity contribution < 1.29 is 19.1 Å². The van der Waals surface area contributed by atoms with E-state index in [-0.39, 0.29) is 24.8 Å². The van der Waals surface area contributed by atoms with E-state index in [0.29, 0.717) is 25.4 Å². The van der Waals surface area contributed by atoms with Crippen molar-refractivity contribution >= 4 is 11.9 Å². The zero-order chi connectivity index (χ0) is 16.2. The highest BCUT2D eigenvalue weighted by Crippen LogP contribution is 2.32. The average Bonchev–Trinajstić information content (AvgIpc) is 3.00. The molecule has 23 heavy (non-hydrogen) atoms. The van der Waals surface area contributed by atoms with Crippen molar-refractivity contribution in [3.63, 3.8) is 0 Å². The number of hydrogen-bond acceptors (Lipinski definition) is 4. The molecule has 1 aromatic carbocycles. The third kappa shape index (κ3) is 3.85. The van der Waals surface area contributed by atoms with Gasteiger partial charge in [0, 0.05) is 32.6 Å². The molecule has 1 atom stereocenters. The fraction of sp³-hybridized carbons (Fsp3) is 0.500. The van der Waals surface area contributed by atoms with Crippen LogP contribution in [0, 0.1) is 0 Å². The normalized spacial score (nSPS) is 19.3. The second kappa shape index (κ2) is 6.76. The van der Waals surface area contributed by atoms with Crippen LogP contribution in [0.15, 0.2) is 18.2 Å². The smallest absolute Gasteiger partial charge is 0.317 e. The summed E-state index contributed by atoms with van der Waals surface area (Å²) in [5, 5.41) is 5.79.